The first-order chi connectivity index (χ1) is 18.7. The lowest BCUT2D eigenvalue weighted by Gasteiger charge is -2.28. The Kier molecular flexibility index (Phi) is 8.51. The van der Waals surface area contributed by atoms with Gasteiger partial charge in [-0.1, -0.05) is 25.1 Å². The third-order valence-corrected chi connectivity index (χ3v) is 7.70. The molecule has 39 heavy (non-hydrogen) atoms. The summed E-state index contributed by atoms with van der Waals surface area (Å²) in [5.74, 6) is -0.346. The summed E-state index contributed by atoms with van der Waals surface area (Å²) >= 11 is 0. The highest BCUT2D eigenvalue weighted by atomic mass is 31.2. The quantitative estimate of drug-likeness (QED) is 0.194. The van der Waals surface area contributed by atoms with Crippen LogP contribution in [0.25, 0.3) is 5.52 Å². The molecule has 15 heteroatoms. The molecule has 1 saturated heterocycles. The zero-order valence-corrected chi connectivity index (χ0v) is 22.1. The Morgan fingerprint density at radius 2 is 2.05 bits per heavy atom. The fourth-order valence-electron chi connectivity index (χ4n) is 4.11. The van der Waals surface area contributed by atoms with Gasteiger partial charge in [0.05, 0.1) is 12.3 Å². The van der Waals surface area contributed by atoms with E-state index in [1.54, 1.807) is 44.2 Å². The number of aromatic nitrogens is 3. The Hall–Kier alpha value is -3.57. The van der Waals surface area contributed by atoms with Gasteiger partial charge in [0, 0.05) is 0 Å². The van der Waals surface area contributed by atoms with Crippen LogP contribution in [0.2, 0.25) is 0 Å². The number of rotatable bonds is 11. The number of esters is 1. The summed E-state index contributed by atoms with van der Waals surface area (Å²) < 4.78 is 37.4. The van der Waals surface area contributed by atoms with E-state index >= 15 is 0 Å². The van der Waals surface area contributed by atoms with Crippen molar-refractivity contribution in [2.45, 2.75) is 50.2 Å². The minimum absolute atomic E-state index is 0.101. The standard InChI is InChI=1S/C24H29N6O8P/c1-3-16(23(33)35-4-2)29-39(34,38-15-8-6-5-7-9-15)36-13-24(12-25)21(32)19(31)20(37-24)17-10-11-18-22(26)27-14-28-30(17)18/h5-11,14,16,19-21,31-32H,3-4,13H2,1-2H3,(H,29,34)(H2,26,27,28)/t16-,19-,20-,21-,24+,39?/m0/s1. The molecule has 5 N–H and O–H groups in total. The van der Waals surface area contributed by atoms with Crippen molar-refractivity contribution in [3.63, 3.8) is 0 Å². The van der Waals surface area contributed by atoms with E-state index < -0.39 is 50.3 Å². The van der Waals surface area contributed by atoms with Crippen molar-refractivity contribution in [1.82, 2.24) is 19.7 Å². The van der Waals surface area contributed by atoms with Crippen molar-refractivity contribution in [2.24, 2.45) is 0 Å². The van der Waals surface area contributed by atoms with Gasteiger partial charge in [-0.15, -0.1) is 0 Å². The summed E-state index contributed by atoms with van der Waals surface area (Å²) in [5, 5.41) is 38.5. The SMILES string of the molecule is CCOC(=O)[C@H](CC)NP(=O)(OC[C@@]1(C#N)O[C@@H](c2ccc3c(N)ncnn23)[C@H](O)[C@@H]1O)Oc1ccccc1. The number of hydrogen-bond donors (Lipinski definition) is 4. The number of ether oxygens (including phenoxy) is 2. The number of nitriles is 1. The second-order valence-electron chi connectivity index (χ2n) is 8.69. The largest absolute Gasteiger partial charge is 0.465 e. The summed E-state index contributed by atoms with van der Waals surface area (Å²) in [4.78, 5) is 16.3. The normalized spacial score (nSPS) is 25.1. The summed E-state index contributed by atoms with van der Waals surface area (Å²) in [6.07, 6.45) is -3.21. The van der Waals surface area contributed by atoms with Crippen LogP contribution in [-0.4, -0.2) is 67.8 Å². The van der Waals surface area contributed by atoms with Crippen LogP contribution in [0.1, 0.15) is 32.1 Å². The average molecular weight is 561 g/mol. The van der Waals surface area contributed by atoms with Gasteiger partial charge in [-0.3, -0.25) is 9.32 Å². The topological polar surface area (TPSA) is 204 Å². The van der Waals surface area contributed by atoms with Gasteiger partial charge in [0.25, 0.3) is 0 Å². The lowest BCUT2D eigenvalue weighted by molar-refractivity contribution is -0.145. The van der Waals surface area contributed by atoms with Gasteiger partial charge in [0.15, 0.2) is 5.82 Å². The second kappa shape index (κ2) is 11.7. The zero-order chi connectivity index (χ0) is 28.2. The van der Waals surface area contributed by atoms with E-state index in [2.05, 4.69) is 15.2 Å². The van der Waals surface area contributed by atoms with Crippen LogP contribution in [0.3, 0.4) is 0 Å². The molecule has 1 aliphatic heterocycles. The first-order valence-electron chi connectivity index (χ1n) is 12.1. The Morgan fingerprint density at radius 1 is 1.31 bits per heavy atom. The van der Waals surface area contributed by atoms with E-state index in [1.165, 1.54) is 23.0 Å². The molecule has 0 radical (unpaired) electrons. The third-order valence-electron chi connectivity index (χ3n) is 6.15. The number of benzene rings is 1. The molecule has 3 heterocycles. The predicted molar refractivity (Wildman–Crippen MR) is 136 cm³/mol. The van der Waals surface area contributed by atoms with Crippen LogP contribution >= 0.6 is 7.75 Å². The van der Waals surface area contributed by atoms with E-state index in [-0.39, 0.29) is 30.3 Å². The van der Waals surface area contributed by atoms with Gasteiger partial charge >= 0.3 is 13.7 Å². The van der Waals surface area contributed by atoms with Crippen molar-refractivity contribution >= 4 is 25.1 Å². The van der Waals surface area contributed by atoms with E-state index in [0.29, 0.717) is 5.52 Å². The number of aliphatic hydroxyl groups is 2. The lowest BCUT2D eigenvalue weighted by Crippen LogP contribution is -2.46. The molecule has 2 aromatic heterocycles. The molecule has 0 amide bonds. The van der Waals surface area contributed by atoms with Crippen molar-refractivity contribution in [3.05, 3.63) is 54.5 Å². The number of para-hydroxylation sites is 1. The van der Waals surface area contributed by atoms with E-state index in [1.807, 2.05) is 6.07 Å². The molecule has 1 aromatic carbocycles. The van der Waals surface area contributed by atoms with Crippen LogP contribution in [0.5, 0.6) is 5.75 Å². The lowest BCUT2D eigenvalue weighted by atomic mass is 9.96. The maximum atomic E-state index is 13.9. The van der Waals surface area contributed by atoms with Gasteiger partial charge < -0.3 is 29.9 Å². The number of nitrogens with zero attached hydrogens (tertiary/aromatic N) is 4. The van der Waals surface area contributed by atoms with Gasteiger partial charge in [0.2, 0.25) is 5.60 Å². The smallest absolute Gasteiger partial charge is 0.459 e. The van der Waals surface area contributed by atoms with Crippen LogP contribution in [0.15, 0.2) is 48.8 Å². The molecule has 1 aliphatic rings. The summed E-state index contributed by atoms with van der Waals surface area (Å²) in [7, 11) is -4.39. The highest BCUT2D eigenvalue weighted by molar-refractivity contribution is 7.52. The fourth-order valence-corrected chi connectivity index (χ4v) is 5.72. The molecule has 0 spiro atoms. The molecular formula is C24H29N6O8P. The number of fused-ring (bicyclic) bond motifs is 1. The van der Waals surface area contributed by atoms with Crippen molar-refractivity contribution < 1.29 is 38.1 Å². The molecule has 4 rings (SSSR count). The number of nitrogens with one attached hydrogen (secondary N) is 1. The average Bonchev–Trinajstić information content (AvgIpc) is 3.47. The number of nitrogen functional groups attached to an aromatic ring is 1. The van der Waals surface area contributed by atoms with E-state index in [0.717, 1.165) is 0 Å². The van der Waals surface area contributed by atoms with Crippen LogP contribution < -0.4 is 15.3 Å². The van der Waals surface area contributed by atoms with Crippen molar-refractivity contribution in [2.75, 3.05) is 18.9 Å². The zero-order valence-electron chi connectivity index (χ0n) is 21.2. The molecule has 0 saturated carbocycles. The Morgan fingerprint density at radius 3 is 2.72 bits per heavy atom. The third kappa shape index (κ3) is 5.74. The van der Waals surface area contributed by atoms with Crippen molar-refractivity contribution in [1.29, 1.82) is 5.26 Å². The van der Waals surface area contributed by atoms with E-state index in [9.17, 15) is 24.8 Å². The molecule has 1 fully saturated rings. The van der Waals surface area contributed by atoms with Crippen LogP contribution in [0, 0.1) is 11.3 Å². The number of hydrogen-bond acceptors (Lipinski definition) is 12. The molecule has 0 aliphatic carbocycles. The summed E-state index contributed by atoms with van der Waals surface area (Å²) in [5.41, 5.74) is 4.43. The molecular weight excluding hydrogens is 531 g/mol. The minimum Gasteiger partial charge on any atom is -0.465 e. The maximum absolute atomic E-state index is 13.9. The number of carbonyl (C=O) groups excluding carboxylic acids is 1. The highest BCUT2D eigenvalue weighted by Crippen LogP contribution is 2.48. The number of carbonyl (C=O) groups is 1. The van der Waals surface area contributed by atoms with Gasteiger partial charge in [-0.2, -0.15) is 15.4 Å². The minimum atomic E-state index is -4.39. The first-order valence-corrected chi connectivity index (χ1v) is 13.7. The van der Waals surface area contributed by atoms with Crippen molar-refractivity contribution in [3.8, 4) is 11.8 Å². The monoisotopic (exact) mass is 560 g/mol. The molecule has 14 nitrogen and oxygen atoms in total. The van der Waals surface area contributed by atoms with Gasteiger partial charge in [-0.25, -0.2) is 14.1 Å². The Bertz CT molecular complexity index is 1400. The Labute approximate surface area is 223 Å². The molecule has 3 aromatic rings. The Balaban J connectivity index is 1.61. The number of anilines is 1. The molecule has 1 unspecified atom stereocenters. The summed E-state index contributed by atoms with van der Waals surface area (Å²) in [6, 6.07) is 12.0. The number of nitrogens with two attached hydrogens (primary N) is 1. The predicted octanol–water partition coefficient (Wildman–Crippen LogP) is 1.50. The fraction of sp³-hybridized carbons (Fsp3) is 0.417. The number of aliphatic hydroxyl groups excluding tert-OH is 2. The second-order valence-corrected chi connectivity index (χ2v) is 10.4. The van der Waals surface area contributed by atoms with Crippen LogP contribution in [-0.2, 0) is 23.4 Å². The summed E-state index contributed by atoms with van der Waals surface area (Å²) in [6.45, 7) is 2.60. The molecule has 6 atom stereocenters. The van der Waals surface area contributed by atoms with Gasteiger partial charge in [0.1, 0.15) is 54.6 Å². The first kappa shape index (κ1) is 28.4. The van der Waals surface area contributed by atoms with E-state index in [4.69, 9.17) is 24.3 Å². The maximum Gasteiger partial charge on any atom is 0.459 e. The molecule has 0 bridgehead atoms. The van der Waals surface area contributed by atoms with Gasteiger partial charge in [-0.05, 0) is 37.6 Å². The van der Waals surface area contributed by atoms with Crippen LogP contribution in [0.4, 0.5) is 5.82 Å². The highest BCUT2D eigenvalue weighted by Gasteiger charge is 2.57. The molecule has 208 valence electrons.